The quantitative estimate of drug-likeness (QED) is 0.531. The molecule has 2 heterocycles. The molecule has 0 saturated carbocycles. The third kappa shape index (κ3) is 4.77. The van der Waals surface area contributed by atoms with Gasteiger partial charge in [0.25, 0.3) is 0 Å². The number of hydrogen-bond acceptors (Lipinski definition) is 5. The van der Waals surface area contributed by atoms with Crippen molar-refractivity contribution in [1.29, 1.82) is 0 Å². The number of nitrogens with one attached hydrogen (secondary N) is 2. The second-order valence-corrected chi connectivity index (χ2v) is 10.6. The predicted molar refractivity (Wildman–Crippen MR) is 122 cm³/mol. The molecule has 2 aliphatic rings. The summed E-state index contributed by atoms with van der Waals surface area (Å²) in [5.74, 6) is -1.73. The van der Waals surface area contributed by atoms with E-state index in [0.29, 0.717) is 17.8 Å². The Hall–Kier alpha value is -2.94. The summed E-state index contributed by atoms with van der Waals surface area (Å²) in [5, 5.41) is 9.76. The fourth-order valence-corrected chi connectivity index (χ4v) is 5.79. The summed E-state index contributed by atoms with van der Waals surface area (Å²) in [6.45, 7) is 4.29. The van der Waals surface area contributed by atoms with Crippen LogP contribution in [0.25, 0.3) is 5.69 Å². The maximum absolute atomic E-state index is 12.6. The maximum atomic E-state index is 12.6. The Bertz CT molecular complexity index is 1210. The van der Waals surface area contributed by atoms with Crippen molar-refractivity contribution >= 4 is 27.5 Å². The first kappa shape index (κ1) is 22.3. The maximum Gasteiger partial charge on any atom is 0.314 e. The van der Waals surface area contributed by atoms with E-state index in [1.165, 1.54) is 16.7 Å². The number of fused-ring (bicyclic) bond motifs is 1. The molecule has 0 spiro atoms. The van der Waals surface area contributed by atoms with E-state index in [1.54, 1.807) is 0 Å². The lowest BCUT2D eigenvalue weighted by atomic mass is 9.97. The van der Waals surface area contributed by atoms with E-state index in [9.17, 15) is 18.0 Å². The molecule has 1 aromatic heterocycles. The van der Waals surface area contributed by atoms with E-state index < -0.39 is 21.7 Å². The number of sulfone groups is 1. The van der Waals surface area contributed by atoms with Gasteiger partial charge in [-0.2, -0.15) is 5.10 Å². The SMILES string of the molecule is Cc1ccc(-n2nc3c(c2NC(=O)C(=O)NCCC2=CCCCC2)CS(=O)(=O)C3)c(C)c1. The van der Waals surface area contributed by atoms with Gasteiger partial charge in [0.05, 0.1) is 22.9 Å². The molecule has 0 atom stereocenters. The molecule has 9 heteroatoms. The molecule has 2 aromatic rings. The second-order valence-electron chi connectivity index (χ2n) is 8.58. The normalized spacial score (nSPS) is 16.9. The number of benzene rings is 1. The fraction of sp³-hybridized carbons (Fsp3) is 0.435. The number of carbonyl (C=O) groups is 2. The summed E-state index contributed by atoms with van der Waals surface area (Å²) in [4.78, 5) is 25.1. The topological polar surface area (TPSA) is 110 Å². The van der Waals surface area contributed by atoms with Crippen molar-refractivity contribution in [3.8, 4) is 5.69 Å². The third-order valence-electron chi connectivity index (χ3n) is 5.92. The Labute approximate surface area is 188 Å². The standard InChI is InChI=1S/C23H28N4O4S/c1-15-8-9-20(16(2)12-15)27-21(18-13-32(30,31)14-19(18)26-27)25-23(29)22(28)24-11-10-17-6-4-3-5-7-17/h6,8-9,12H,3-5,7,10-11,13-14H2,1-2H3,(H,24,28)(H,25,29). The molecule has 0 saturated heterocycles. The minimum atomic E-state index is -3.32. The predicted octanol–water partition coefficient (Wildman–Crippen LogP) is 2.86. The van der Waals surface area contributed by atoms with Crippen molar-refractivity contribution in [3.63, 3.8) is 0 Å². The lowest BCUT2D eigenvalue weighted by molar-refractivity contribution is -0.136. The van der Waals surface area contributed by atoms with Crippen LogP contribution in [0.3, 0.4) is 0 Å². The monoisotopic (exact) mass is 456 g/mol. The highest BCUT2D eigenvalue weighted by Gasteiger charge is 2.34. The number of aromatic nitrogens is 2. The lowest BCUT2D eigenvalue weighted by Crippen LogP contribution is -2.36. The van der Waals surface area contributed by atoms with Gasteiger partial charge >= 0.3 is 11.8 Å². The van der Waals surface area contributed by atoms with Crippen molar-refractivity contribution in [2.24, 2.45) is 0 Å². The highest BCUT2D eigenvalue weighted by Crippen LogP contribution is 2.33. The number of rotatable bonds is 5. The van der Waals surface area contributed by atoms with Crippen LogP contribution >= 0.6 is 0 Å². The first-order valence-electron chi connectivity index (χ1n) is 10.9. The smallest absolute Gasteiger partial charge is 0.314 e. The summed E-state index contributed by atoms with van der Waals surface area (Å²) in [7, 11) is -3.32. The van der Waals surface area contributed by atoms with Crippen molar-refractivity contribution in [2.75, 3.05) is 11.9 Å². The van der Waals surface area contributed by atoms with Gasteiger partial charge in [0.2, 0.25) is 0 Å². The van der Waals surface area contributed by atoms with Crippen molar-refractivity contribution in [2.45, 2.75) is 57.5 Å². The molecule has 0 unspecified atom stereocenters. The number of amides is 2. The van der Waals surface area contributed by atoms with Crippen LogP contribution in [-0.2, 0) is 30.9 Å². The van der Waals surface area contributed by atoms with E-state index in [2.05, 4.69) is 21.8 Å². The average Bonchev–Trinajstić information content (AvgIpc) is 3.21. The van der Waals surface area contributed by atoms with Crippen LogP contribution in [0.15, 0.2) is 29.8 Å². The Morgan fingerprint density at radius 3 is 2.66 bits per heavy atom. The molecular weight excluding hydrogens is 428 g/mol. The number of allylic oxidation sites excluding steroid dienone is 1. The van der Waals surface area contributed by atoms with Crippen LogP contribution in [0.4, 0.5) is 5.82 Å². The summed E-state index contributed by atoms with van der Waals surface area (Å²) in [5.41, 5.74) is 4.89. The third-order valence-corrected chi connectivity index (χ3v) is 7.36. The van der Waals surface area contributed by atoms with Crippen LogP contribution < -0.4 is 10.6 Å². The lowest BCUT2D eigenvalue weighted by Gasteiger charge is -2.14. The summed E-state index contributed by atoms with van der Waals surface area (Å²) in [6.07, 6.45) is 7.41. The van der Waals surface area contributed by atoms with Gasteiger partial charge in [-0.1, -0.05) is 29.3 Å². The molecule has 0 bridgehead atoms. The van der Waals surface area contributed by atoms with Crippen molar-refractivity contribution < 1.29 is 18.0 Å². The van der Waals surface area contributed by atoms with Crippen molar-refractivity contribution in [1.82, 2.24) is 15.1 Å². The fourth-order valence-electron chi connectivity index (χ4n) is 4.30. The van der Waals surface area contributed by atoms with Crippen LogP contribution in [0.2, 0.25) is 0 Å². The summed E-state index contributed by atoms with van der Waals surface area (Å²) in [6, 6.07) is 5.77. The molecule has 0 radical (unpaired) electrons. The van der Waals surface area contributed by atoms with Gasteiger partial charge in [0, 0.05) is 12.1 Å². The van der Waals surface area contributed by atoms with Crippen LogP contribution in [0, 0.1) is 13.8 Å². The van der Waals surface area contributed by atoms with E-state index >= 15 is 0 Å². The molecule has 4 rings (SSSR count). The minimum absolute atomic E-state index is 0.176. The van der Waals surface area contributed by atoms with Gasteiger partial charge in [-0.25, -0.2) is 13.1 Å². The van der Waals surface area contributed by atoms with Gasteiger partial charge in [-0.3, -0.25) is 9.59 Å². The molecule has 1 aliphatic heterocycles. The highest BCUT2D eigenvalue weighted by atomic mass is 32.2. The largest absolute Gasteiger partial charge is 0.348 e. The molecule has 1 aromatic carbocycles. The molecule has 0 fully saturated rings. The Balaban J connectivity index is 1.53. The number of nitrogens with zero attached hydrogens (tertiary/aromatic N) is 2. The number of hydrogen-bond donors (Lipinski definition) is 2. The average molecular weight is 457 g/mol. The first-order valence-corrected chi connectivity index (χ1v) is 12.7. The Morgan fingerprint density at radius 2 is 1.94 bits per heavy atom. The minimum Gasteiger partial charge on any atom is -0.348 e. The summed E-state index contributed by atoms with van der Waals surface area (Å²) >= 11 is 0. The molecule has 32 heavy (non-hydrogen) atoms. The molecule has 2 amide bonds. The number of anilines is 1. The van der Waals surface area contributed by atoms with Crippen LogP contribution in [-0.4, -0.2) is 36.6 Å². The Morgan fingerprint density at radius 1 is 1.12 bits per heavy atom. The zero-order valence-electron chi connectivity index (χ0n) is 18.4. The van der Waals surface area contributed by atoms with Crippen LogP contribution in [0.5, 0.6) is 0 Å². The van der Waals surface area contributed by atoms with Gasteiger partial charge in [-0.15, -0.1) is 0 Å². The van der Waals surface area contributed by atoms with E-state index in [1.807, 2.05) is 32.0 Å². The molecule has 1 aliphatic carbocycles. The Kier molecular flexibility index (Phi) is 6.19. The molecule has 8 nitrogen and oxygen atoms in total. The molecule has 2 N–H and O–H groups in total. The first-order chi connectivity index (χ1) is 15.2. The van der Waals surface area contributed by atoms with Crippen LogP contribution in [0.1, 0.15) is 54.5 Å². The van der Waals surface area contributed by atoms with Gasteiger partial charge < -0.3 is 10.6 Å². The number of carbonyl (C=O) groups excluding carboxylic acids is 2. The van der Waals surface area contributed by atoms with Gasteiger partial charge in [0.1, 0.15) is 5.82 Å². The zero-order valence-corrected chi connectivity index (χ0v) is 19.2. The van der Waals surface area contributed by atoms with E-state index in [4.69, 9.17) is 0 Å². The van der Waals surface area contributed by atoms with Gasteiger partial charge in [-0.05, 0) is 57.6 Å². The highest BCUT2D eigenvalue weighted by molar-refractivity contribution is 7.90. The number of aryl methyl sites for hydroxylation is 2. The van der Waals surface area contributed by atoms with E-state index in [0.717, 1.165) is 42.5 Å². The van der Waals surface area contributed by atoms with E-state index in [-0.39, 0.29) is 17.3 Å². The second kappa shape index (κ2) is 8.90. The zero-order chi connectivity index (χ0) is 22.9. The van der Waals surface area contributed by atoms with Crippen molar-refractivity contribution in [3.05, 3.63) is 52.2 Å². The van der Waals surface area contributed by atoms with Gasteiger partial charge in [0.15, 0.2) is 9.84 Å². The molecule has 170 valence electrons. The summed E-state index contributed by atoms with van der Waals surface area (Å²) < 4.78 is 25.8. The molecular formula is C23H28N4O4S.